The molecule has 3 aliphatic carbocycles. The van der Waals surface area contributed by atoms with Crippen LogP contribution in [0.2, 0.25) is 0 Å². The summed E-state index contributed by atoms with van der Waals surface area (Å²) in [5, 5.41) is 0. The third kappa shape index (κ3) is 1.44. The average molecular weight is 221 g/mol. The zero-order valence-electron chi connectivity index (χ0n) is 9.09. The highest BCUT2D eigenvalue weighted by atomic mass is 16.6. The molecule has 0 N–H and O–H groups in total. The molecule has 2 bridgehead atoms. The average Bonchev–Trinajstić information content (AvgIpc) is 2.76. The molecule has 0 unspecified atom stereocenters. The number of cyclic esters (lactones) is 1. The van der Waals surface area contributed by atoms with Gasteiger partial charge in [-0.05, 0) is 31.1 Å². The molecule has 0 aromatic rings. The number of imide groups is 1. The highest BCUT2D eigenvalue weighted by molar-refractivity contribution is 5.94. The molecule has 86 valence electrons. The Hall–Kier alpha value is -1.32. The number of fused-ring (bicyclic) bond motifs is 2. The first-order chi connectivity index (χ1) is 7.75. The van der Waals surface area contributed by atoms with Crippen molar-refractivity contribution >= 4 is 12.0 Å². The SMILES string of the molecule is O=C1OCCN1C(=O)[C@@H]1C[C@H]2C=C[C@@H]1CC2. The molecule has 0 aromatic carbocycles. The molecule has 2 fully saturated rings. The molecular formula is C12H15NO3. The summed E-state index contributed by atoms with van der Waals surface area (Å²) >= 11 is 0. The second-order valence-corrected chi connectivity index (χ2v) is 4.83. The Balaban J connectivity index is 1.76. The molecule has 1 heterocycles. The molecule has 4 aliphatic rings. The van der Waals surface area contributed by atoms with E-state index in [1.165, 1.54) is 11.3 Å². The number of rotatable bonds is 1. The maximum Gasteiger partial charge on any atom is 0.416 e. The topological polar surface area (TPSA) is 46.6 Å². The molecule has 1 aliphatic heterocycles. The van der Waals surface area contributed by atoms with Crippen LogP contribution >= 0.6 is 0 Å². The van der Waals surface area contributed by atoms with Crippen molar-refractivity contribution in [2.75, 3.05) is 13.2 Å². The molecule has 0 aromatic heterocycles. The number of hydrogen-bond acceptors (Lipinski definition) is 3. The normalized spacial score (nSPS) is 36.6. The van der Waals surface area contributed by atoms with Crippen LogP contribution < -0.4 is 0 Å². The van der Waals surface area contributed by atoms with Gasteiger partial charge in [-0.15, -0.1) is 0 Å². The van der Waals surface area contributed by atoms with Gasteiger partial charge >= 0.3 is 6.09 Å². The highest BCUT2D eigenvalue weighted by Gasteiger charge is 2.41. The molecule has 4 heteroatoms. The highest BCUT2D eigenvalue weighted by Crippen LogP contribution is 2.41. The number of hydrogen-bond donors (Lipinski definition) is 0. The Morgan fingerprint density at radius 2 is 2.25 bits per heavy atom. The van der Waals surface area contributed by atoms with Gasteiger partial charge in [0.15, 0.2) is 0 Å². The van der Waals surface area contributed by atoms with Crippen LogP contribution in [0.1, 0.15) is 19.3 Å². The Bertz CT molecular complexity index is 363. The van der Waals surface area contributed by atoms with Gasteiger partial charge in [-0.2, -0.15) is 0 Å². The summed E-state index contributed by atoms with van der Waals surface area (Å²) in [6, 6.07) is 0. The van der Waals surface area contributed by atoms with E-state index in [2.05, 4.69) is 12.2 Å². The Morgan fingerprint density at radius 3 is 2.75 bits per heavy atom. The van der Waals surface area contributed by atoms with Crippen LogP contribution in [0, 0.1) is 17.8 Å². The van der Waals surface area contributed by atoms with Crippen LogP contribution in [0.25, 0.3) is 0 Å². The summed E-state index contributed by atoms with van der Waals surface area (Å²) < 4.78 is 4.81. The van der Waals surface area contributed by atoms with Crippen molar-refractivity contribution in [2.45, 2.75) is 19.3 Å². The Kier molecular flexibility index (Phi) is 2.23. The van der Waals surface area contributed by atoms with Gasteiger partial charge in [0.25, 0.3) is 0 Å². The van der Waals surface area contributed by atoms with Crippen LogP contribution in [0.3, 0.4) is 0 Å². The maximum atomic E-state index is 12.2. The van der Waals surface area contributed by atoms with Gasteiger partial charge in [0.2, 0.25) is 5.91 Å². The summed E-state index contributed by atoms with van der Waals surface area (Å²) in [6.07, 6.45) is 7.09. The standard InChI is InChI=1S/C12H15NO3/c14-11(13-5-6-16-12(13)15)10-7-8-1-3-9(10)4-2-8/h1,3,8-10H,2,4-7H2/t8-,9+,10+/m0/s1. The second kappa shape index (κ2) is 3.61. The quantitative estimate of drug-likeness (QED) is 0.631. The van der Waals surface area contributed by atoms with E-state index >= 15 is 0 Å². The van der Waals surface area contributed by atoms with E-state index in [1.54, 1.807) is 0 Å². The lowest BCUT2D eigenvalue weighted by Gasteiger charge is -2.37. The van der Waals surface area contributed by atoms with E-state index in [4.69, 9.17) is 4.74 Å². The largest absolute Gasteiger partial charge is 0.447 e. The monoisotopic (exact) mass is 221 g/mol. The predicted octanol–water partition coefficient (Wildman–Crippen LogP) is 1.57. The van der Waals surface area contributed by atoms with Gasteiger partial charge in [-0.1, -0.05) is 12.2 Å². The molecule has 4 rings (SSSR count). The summed E-state index contributed by atoms with van der Waals surface area (Å²) in [5.41, 5.74) is 0. The molecule has 0 spiro atoms. The van der Waals surface area contributed by atoms with Gasteiger partial charge in [-0.25, -0.2) is 9.69 Å². The van der Waals surface area contributed by atoms with Crippen molar-refractivity contribution < 1.29 is 14.3 Å². The lowest BCUT2D eigenvalue weighted by atomic mass is 9.68. The van der Waals surface area contributed by atoms with Crippen molar-refractivity contribution in [3.05, 3.63) is 12.2 Å². The molecule has 0 radical (unpaired) electrons. The zero-order chi connectivity index (χ0) is 11.1. The fourth-order valence-corrected chi connectivity index (χ4v) is 3.01. The zero-order valence-corrected chi connectivity index (χ0v) is 9.09. The third-order valence-corrected chi connectivity index (χ3v) is 3.92. The van der Waals surface area contributed by atoms with Gasteiger partial charge in [-0.3, -0.25) is 4.79 Å². The minimum atomic E-state index is -0.463. The smallest absolute Gasteiger partial charge is 0.416 e. The van der Waals surface area contributed by atoms with Crippen LogP contribution in [0.15, 0.2) is 12.2 Å². The number of amides is 2. The number of ether oxygens (including phenoxy) is 1. The van der Waals surface area contributed by atoms with Crippen LogP contribution in [-0.4, -0.2) is 30.1 Å². The third-order valence-electron chi connectivity index (χ3n) is 3.92. The van der Waals surface area contributed by atoms with Crippen LogP contribution in [0.4, 0.5) is 4.79 Å². The van der Waals surface area contributed by atoms with E-state index in [0.717, 1.165) is 12.8 Å². The Labute approximate surface area is 94.2 Å². The van der Waals surface area contributed by atoms with Crippen molar-refractivity contribution in [1.82, 2.24) is 4.90 Å². The predicted molar refractivity (Wildman–Crippen MR) is 56.5 cm³/mol. The maximum absolute atomic E-state index is 12.2. The molecule has 4 nitrogen and oxygen atoms in total. The molecular weight excluding hydrogens is 206 g/mol. The van der Waals surface area contributed by atoms with E-state index in [1.807, 2.05) is 0 Å². The van der Waals surface area contributed by atoms with Gasteiger partial charge in [0.1, 0.15) is 6.61 Å². The minimum absolute atomic E-state index is 0.00870. The van der Waals surface area contributed by atoms with Crippen molar-refractivity contribution in [2.24, 2.45) is 17.8 Å². The summed E-state index contributed by atoms with van der Waals surface area (Å²) in [7, 11) is 0. The van der Waals surface area contributed by atoms with E-state index < -0.39 is 6.09 Å². The minimum Gasteiger partial charge on any atom is -0.447 e. The van der Waals surface area contributed by atoms with E-state index in [9.17, 15) is 9.59 Å². The lowest BCUT2D eigenvalue weighted by molar-refractivity contribution is -0.134. The summed E-state index contributed by atoms with van der Waals surface area (Å²) in [6.45, 7) is 0.774. The van der Waals surface area contributed by atoms with Gasteiger partial charge < -0.3 is 4.74 Å². The van der Waals surface area contributed by atoms with E-state index in [-0.39, 0.29) is 11.8 Å². The first-order valence-electron chi connectivity index (χ1n) is 5.92. The molecule has 16 heavy (non-hydrogen) atoms. The first-order valence-corrected chi connectivity index (χ1v) is 5.92. The molecule has 1 saturated heterocycles. The fourth-order valence-electron chi connectivity index (χ4n) is 3.01. The lowest BCUT2D eigenvalue weighted by Crippen LogP contribution is -2.43. The number of nitrogens with zero attached hydrogens (tertiary/aromatic N) is 1. The molecule has 3 atom stereocenters. The summed E-state index contributed by atoms with van der Waals surface area (Å²) in [4.78, 5) is 24.8. The molecule has 1 saturated carbocycles. The number of allylic oxidation sites excluding steroid dienone is 2. The van der Waals surface area contributed by atoms with Crippen LogP contribution in [-0.2, 0) is 9.53 Å². The van der Waals surface area contributed by atoms with Crippen molar-refractivity contribution in [1.29, 1.82) is 0 Å². The van der Waals surface area contributed by atoms with Crippen LogP contribution in [0.5, 0.6) is 0 Å². The first kappa shape index (κ1) is 9.87. The Morgan fingerprint density at radius 1 is 1.38 bits per heavy atom. The van der Waals surface area contributed by atoms with Gasteiger partial charge in [0, 0.05) is 5.92 Å². The summed E-state index contributed by atoms with van der Waals surface area (Å²) in [5.74, 6) is 0.861. The second-order valence-electron chi connectivity index (χ2n) is 4.83. The molecule has 2 amide bonds. The van der Waals surface area contributed by atoms with E-state index in [0.29, 0.717) is 25.0 Å². The van der Waals surface area contributed by atoms with Crippen molar-refractivity contribution in [3.63, 3.8) is 0 Å². The number of carbonyl (C=O) groups is 2. The number of carbonyl (C=O) groups excluding carboxylic acids is 2. The van der Waals surface area contributed by atoms with Gasteiger partial charge in [0.05, 0.1) is 6.54 Å². The fraction of sp³-hybridized carbons (Fsp3) is 0.667. The van der Waals surface area contributed by atoms with Crippen molar-refractivity contribution in [3.8, 4) is 0 Å².